The summed E-state index contributed by atoms with van der Waals surface area (Å²) in [4.78, 5) is 7.97. The van der Waals surface area contributed by atoms with Crippen LogP contribution in [0.1, 0.15) is 10.6 Å². The molecule has 18 heavy (non-hydrogen) atoms. The van der Waals surface area contributed by atoms with Crippen LogP contribution in [0.3, 0.4) is 0 Å². The lowest BCUT2D eigenvalue weighted by atomic mass is 10.3. The van der Waals surface area contributed by atoms with Gasteiger partial charge in [0.15, 0.2) is 4.21 Å². The minimum Gasteiger partial charge on any atom is -0.262 e. The van der Waals surface area contributed by atoms with Gasteiger partial charge in [-0.1, -0.05) is 0 Å². The summed E-state index contributed by atoms with van der Waals surface area (Å²) < 4.78 is 27.6. The van der Waals surface area contributed by atoms with Crippen molar-refractivity contribution in [2.45, 2.75) is 18.1 Å². The van der Waals surface area contributed by atoms with Gasteiger partial charge in [-0.2, -0.15) is 0 Å². The molecule has 0 radical (unpaired) electrons. The normalized spacial score (nSPS) is 11.5. The smallest absolute Gasteiger partial charge is 0.262 e. The van der Waals surface area contributed by atoms with Gasteiger partial charge in [-0.3, -0.25) is 4.72 Å². The Balaban J connectivity index is 2.33. The number of sulfonamides is 1. The molecule has 8 heteroatoms. The third kappa shape index (κ3) is 2.88. The van der Waals surface area contributed by atoms with Crippen LogP contribution >= 0.6 is 27.3 Å². The second kappa shape index (κ2) is 4.94. The highest BCUT2D eigenvalue weighted by Gasteiger charge is 2.18. The van der Waals surface area contributed by atoms with Crippen LogP contribution in [0.15, 0.2) is 27.1 Å². The Hall–Kier alpha value is -0.990. The Morgan fingerprint density at radius 3 is 2.56 bits per heavy atom. The first-order valence-electron chi connectivity index (χ1n) is 4.96. The number of halogens is 1. The van der Waals surface area contributed by atoms with Crippen molar-refractivity contribution in [1.29, 1.82) is 0 Å². The van der Waals surface area contributed by atoms with Gasteiger partial charge in [0.1, 0.15) is 5.82 Å². The van der Waals surface area contributed by atoms with Crippen molar-refractivity contribution in [3.8, 4) is 0 Å². The number of hydrogen-bond acceptors (Lipinski definition) is 5. The molecule has 0 bridgehead atoms. The lowest BCUT2D eigenvalue weighted by Gasteiger charge is -2.07. The standard InChI is InChI=1S/C10H10BrN3O2S2/c1-6-3-8(11)4-13-10(6)14-18(15,16)9-5-12-7(2)17-9/h3-5H,1-2H3,(H,13,14). The van der Waals surface area contributed by atoms with E-state index in [-0.39, 0.29) is 4.21 Å². The van der Waals surface area contributed by atoms with Gasteiger partial charge in [0.25, 0.3) is 10.0 Å². The number of nitrogens with one attached hydrogen (secondary N) is 1. The zero-order valence-corrected chi connectivity index (χ0v) is 12.9. The minimum absolute atomic E-state index is 0.184. The first-order chi connectivity index (χ1) is 8.38. The van der Waals surface area contributed by atoms with E-state index < -0.39 is 10.0 Å². The van der Waals surface area contributed by atoms with E-state index in [9.17, 15) is 8.42 Å². The van der Waals surface area contributed by atoms with Crippen LogP contribution in [0.5, 0.6) is 0 Å². The summed E-state index contributed by atoms with van der Waals surface area (Å²) in [5.74, 6) is 0.323. The molecular formula is C10H10BrN3O2S2. The molecule has 2 aromatic rings. The van der Waals surface area contributed by atoms with Gasteiger partial charge in [-0.05, 0) is 41.4 Å². The number of rotatable bonds is 3. The molecule has 0 aliphatic carbocycles. The van der Waals surface area contributed by atoms with Gasteiger partial charge in [-0.25, -0.2) is 18.4 Å². The number of anilines is 1. The highest BCUT2D eigenvalue weighted by atomic mass is 79.9. The number of nitrogens with zero attached hydrogens (tertiary/aromatic N) is 2. The molecule has 0 spiro atoms. The minimum atomic E-state index is -3.60. The number of pyridine rings is 1. The quantitative estimate of drug-likeness (QED) is 0.926. The second-order valence-electron chi connectivity index (χ2n) is 3.62. The van der Waals surface area contributed by atoms with Crippen molar-refractivity contribution < 1.29 is 8.42 Å². The molecule has 0 atom stereocenters. The second-order valence-corrected chi connectivity index (χ2v) is 7.68. The van der Waals surface area contributed by atoms with E-state index in [1.807, 2.05) is 0 Å². The SMILES string of the molecule is Cc1ncc(S(=O)(=O)Nc2ncc(Br)cc2C)s1. The summed E-state index contributed by atoms with van der Waals surface area (Å²) in [5, 5.41) is 0.705. The molecule has 0 aliphatic heterocycles. The monoisotopic (exact) mass is 347 g/mol. The Morgan fingerprint density at radius 2 is 2.00 bits per heavy atom. The fourth-order valence-corrected chi connectivity index (χ4v) is 3.92. The van der Waals surface area contributed by atoms with Crippen LogP contribution in [-0.4, -0.2) is 18.4 Å². The largest absolute Gasteiger partial charge is 0.274 e. The molecule has 2 heterocycles. The van der Waals surface area contributed by atoms with Gasteiger partial charge in [0.2, 0.25) is 0 Å². The topological polar surface area (TPSA) is 72.0 Å². The molecule has 2 rings (SSSR count). The average Bonchev–Trinajstić information content (AvgIpc) is 2.70. The Kier molecular flexibility index (Phi) is 3.69. The van der Waals surface area contributed by atoms with E-state index in [1.54, 1.807) is 26.1 Å². The van der Waals surface area contributed by atoms with Gasteiger partial charge >= 0.3 is 0 Å². The number of aromatic nitrogens is 2. The molecule has 5 nitrogen and oxygen atoms in total. The summed E-state index contributed by atoms with van der Waals surface area (Å²) in [7, 11) is -3.60. The Labute approximate surface area is 117 Å². The van der Waals surface area contributed by atoms with Crippen molar-refractivity contribution in [2.75, 3.05) is 4.72 Å². The predicted molar refractivity (Wildman–Crippen MR) is 74.3 cm³/mol. The average molecular weight is 348 g/mol. The first kappa shape index (κ1) is 13.4. The number of hydrogen-bond donors (Lipinski definition) is 1. The highest BCUT2D eigenvalue weighted by Crippen LogP contribution is 2.23. The molecular weight excluding hydrogens is 338 g/mol. The molecule has 0 aromatic carbocycles. The number of aryl methyl sites for hydroxylation is 2. The predicted octanol–water partition coefficient (Wildman–Crippen LogP) is 2.72. The molecule has 0 unspecified atom stereocenters. The lowest BCUT2D eigenvalue weighted by molar-refractivity contribution is 0.602. The molecule has 0 amide bonds. The summed E-state index contributed by atoms with van der Waals surface area (Å²) >= 11 is 4.40. The van der Waals surface area contributed by atoms with Gasteiger partial charge in [-0.15, -0.1) is 11.3 Å². The molecule has 2 aromatic heterocycles. The van der Waals surface area contributed by atoms with Crippen molar-refractivity contribution >= 4 is 43.1 Å². The van der Waals surface area contributed by atoms with Crippen LogP contribution < -0.4 is 4.72 Å². The zero-order chi connectivity index (χ0) is 13.3. The van der Waals surface area contributed by atoms with Crippen LogP contribution in [-0.2, 0) is 10.0 Å². The van der Waals surface area contributed by atoms with E-state index in [1.165, 1.54) is 6.20 Å². The van der Waals surface area contributed by atoms with E-state index in [2.05, 4.69) is 30.6 Å². The maximum absolute atomic E-state index is 12.1. The number of thiazole rings is 1. The summed E-state index contributed by atoms with van der Waals surface area (Å²) in [6.45, 7) is 3.54. The highest BCUT2D eigenvalue weighted by molar-refractivity contribution is 9.10. The molecule has 0 saturated carbocycles. The molecule has 0 fully saturated rings. The van der Waals surface area contributed by atoms with Crippen molar-refractivity contribution in [2.24, 2.45) is 0 Å². The van der Waals surface area contributed by atoms with Crippen LogP contribution in [0.2, 0.25) is 0 Å². The lowest BCUT2D eigenvalue weighted by Crippen LogP contribution is -2.13. The maximum Gasteiger partial charge on any atom is 0.274 e. The third-order valence-corrected chi connectivity index (χ3v) is 5.29. The van der Waals surface area contributed by atoms with Gasteiger partial charge in [0.05, 0.1) is 11.2 Å². The van der Waals surface area contributed by atoms with Crippen LogP contribution in [0.25, 0.3) is 0 Å². The van der Waals surface area contributed by atoms with E-state index in [4.69, 9.17) is 0 Å². The summed E-state index contributed by atoms with van der Waals surface area (Å²) in [6, 6.07) is 1.79. The third-order valence-electron chi connectivity index (χ3n) is 2.14. The Bertz CT molecular complexity index is 682. The maximum atomic E-state index is 12.1. The van der Waals surface area contributed by atoms with E-state index in [0.29, 0.717) is 10.8 Å². The first-order valence-corrected chi connectivity index (χ1v) is 8.05. The molecule has 1 N–H and O–H groups in total. The van der Waals surface area contributed by atoms with Crippen molar-refractivity contribution in [3.63, 3.8) is 0 Å². The molecule has 96 valence electrons. The van der Waals surface area contributed by atoms with E-state index in [0.717, 1.165) is 21.4 Å². The summed E-state index contributed by atoms with van der Waals surface area (Å²) in [6.07, 6.45) is 2.89. The summed E-state index contributed by atoms with van der Waals surface area (Å²) in [5.41, 5.74) is 0.745. The van der Waals surface area contributed by atoms with Crippen LogP contribution in [0.4, 0.5) is 5.82 Å². The molecule has 0 saturated heterocycles. The zero-order valence-electron chi connectivity index (χ0n) is 9.64. The van der Waals surface area contributed by atoms with Crippen molar-refractivity contribution in [1.82, 2.24) is 9.97 Å². The van der Waals surface area contributed by atoms with Crippen LogP contribution in [0, 0.1) is 13.8 Å². The Morgan fingerprint density at radius 1 is 1.28 bits per heavy atom. The fraction of sp³-hybridized carbons (Fsp3) is 0.200. The van der Waals surface area contributed by atoms with Crippen molar-refractivity contribution in [3.05, 3.63) is 33.5 Å². The van der Waals surface area contributed by atoms with Gasteiger partial charge in [0, 0.05) is 10.7 Å². The molecule has 0 aliphatic rings. The van der Waals surface area contributed by atoms with E-state index >= 15 is 0 Å². The fourth-order valence-electron chi connectivity index (χ4n) is 1.29. The van der Waals surface area contributed by atoms with Gasteiger partial charge < -0.3 is 0 Å².